The van der Waals surface area contributed by atoms with Gasteiger partial charge in [-0.3, -0.25) is 0 Å². The highest BCUT2D eigenvalue weighted by Gasteiger charge is 2.18. The molecule has 0 bridgehead atoms. The first-order valence-electron chi connectivity index (χ1n) is 4.45. The Morgan fingerprint density at radius 2 is 1.80 bits per heavy atom. The van der Waals surface area contributed by atoms with Gasteiger partial charge in [0.05, 0.1) is 31.2 Å². The second-order valence-electron chi connectivity index (χ2n) is 3.05. The summed E-state index contributed by atoms with van der Waals surface area (Å²) in [5, 5.41) is 9.33. The van der Waals surface area contributed by atoms with Crippen molar-refractivity contribution >= 4 is 11.6 Å². The molecule has 0 aromatic heterocycles. The van der Waals surface area contributed by atoms with Gasteiger partial charge in [0.25, 0.3) is 0 Å². The first-order valence-corrected chi connectivity index (χ1v) is 4.83. The van der Waals surface area contributed by atoms with Crippen LogP contribution < -0.4 is 9.47 Å². The van der Waals surface area contributed by atoms with Crippen LogP contribution in [0.3, 0.4) is 0 Å². The maximum absolute atomic E-state index is 8.89. The molecule has 1 unspecified atom stereocenters. The van der Waals surface area contributed by atoms with E-state index in [1.807, 2.05) is 0 Å². The quantitative estimate of drug-likeness (QED) is 0.794. The maximum Gasteiger partial charge on any atom is 0.138 e. The fourth-order valence-corrected chi connectivity index (χ4v) is 1.76. The molecule has 1 rings (SSSR count). The SMILES string of the molecule is COc1ccc(OC)c(C(C)C#N)c1Cl. The molecule has 0 fully saturated rings. The third-order valence-electron chi connectivity index (χ3n) is 2.17. The van der Waals surface area contributed by atoms with Gasteiger partial charge in [-0.15, -0.1) is 0 Å². The largest absolute Gasteiger partial charge is 0.496 e. The van der Waals surface area contributed by atoms with Crippen LogP contribution in [0.1, 0.15) is 18.4 Å². The number of benzene rings is 1. The van der Waals surface area contributed by atoms with E-state index in [0.29, 0.717) is 22.1 Å². The Bertz CT molecular complexity index is 398. The number of rotatable bonds is 3. The predicted molar refractivity (Wildman–Crippen MR) is 58.6 cm³/mol. The Hall–Kier alpha value is -1.40. The van der Waals surface area contributed by atoms with Gasteiger partial charge in [0, 0.05) is 5.56 Å². The highest BCUT2D eigenvalue weighted by Crippen LogP contribution is 2.39. The summed E-state index contributed by atoms with van der Waals surface area (Å²) >= 11 is 6.11. The van der Waals surface area contributed by atoms with E-state index in [4.69, 9.17) is 26.3 Å². The summed E-state index contributed by atoms with van der Waals surface area (Å²) in [6.07, 6.45) is 0. The standard InChI is InChI=1S/C11H12ClNO2/c1-7(6-13)10-8(14-2)4-5-9(15-3)11(10)12/h4-5,7H,1-3H3. The molecule has 0 saturated carbocycles. The molecule has 3 nitrogen and oxygen atoms in total. The molecule has 80 valence electrons. The molecule has 0 saturated heterocycles. The zero-order chi connectivity index (χ0) is 11.4. The first kappa shape index (κ1) is 11.7. The summed E-state index contributed by atoms with van der Waals surface area (Å²) in [5.74, 6) is 0.826. The normalized spacial score (nSPS) is 11.7. The molecule has 0 spiro atoms. The zero-order valence-electron chi connectivity index (χ0n) is 8.87. The summed E-state index contributed by atoms with van der Waals surface area (Å²) < 4.78 is 10.2. The number of hydrogen-bond donors (Lipinski definition) is 0. The molecule has 0 aliphatic heterocycles. The van der Waals surface area contributed by atoms with Crippen molar-refractivity contribution < 1.29 is 9.47 Å². The Labute approximate surface area is 94.2 Å². The van der Waals surface area contributed by atoms with Crippen molar-refractivity contribution in [3.63, 3.8) is 0 Å². The molecule has 0 aliphatic rings. The zero-order valence-corrected chi connectivity index (χ0v) is 9.63. The molecule has 0 radical (unpaired) electrons. The summed E-state index contributed by atoms with van der Waals surface area (Å²) in [6, 6.07) is 5.59. The van der Waals surface area contributed by atoms with Gasteiger partial charge in [-0.05, 0) is 19.1 Å². The number of nitriles is 1. The fraction of sp³-hybridized carbons (Fsp3) is 0.364. The molecular weight excluding hydrogens is 214 g/mol. The Kier molecular flexibility index (Phi) is 3.81. The molecule has 0 amide bonds. The molecule has 0 N–H and O–H groups in total. The van der Waals surface area contributed by atoms with Crippen LogP contribution in [0.4, 0.5) is 0 Å². The van der Waals surface area contributed by atoms with Gasteiger partial charge in [-0.25, -0.2) is 0 Å². The second kappa shape index (κ2) is 4.90. The lowest BCUT2D eigenvalue weighted by Crippen LogP contribution is -1.98. The Morgan fingerprint density at radius 1 is 1.27 bits per heavy atom. The minimum atomic E-state index is -0.331. The van der Waals surface area contributed by atoms with Gasteiger partial charge in [0.2, 0.25) is 0 Å². The van der Waals surface area contributed by atoms with E-state index in [2.05, 4.69) is 6.07 Å². The van der Waals surface area contributed by atoms with E-state index in [-0.39, 0.29) is 5.92 Å². The Morgan fingerprint density at radius 3 is 2.27 bits per heavy atom. The molecule has 15 heavy (non-hydrogen) atoms. The average Bonchev–Trinajstić information content (AvgIpc) is 2.27. The smallest absolute Gasteiger partial charge is 0.138 e. The first-order chi connectivity index (χ1) is 7.15. The number of hydrogen-bond acceptors (Lipinski definition) is 3. The van der Waals surface area contributed by atoms with Crippen molar-refractivity contribution in [1.82, 2.24) is 0 Å². The molecular formula is C11H12ClNO2. The van der Waals surface area contributed by atoms with Gasteiger partial charge in [-0.1, -0.05) is 11.6 Å². The van der Waals surface area contributed by atoms with E-state index >= 15 is 0 Å². The number of methoxy groups -OCH3 is 2. The summed E-state index contributed by atoms with van der Waals surface area (Å²) in [4.78, 5) is 0. The number of ether oxygens (including phenoxy) is 2. The summed E-state index contributed by atoms with van der Waals surface area (Å²) in [7, 11) is 3.08. The van der Waals surface area contributed by atoms with Gasteiger partial charge >= 0.3 is 0 Å². The number of nitrogens with zero attached hydrogens (tertiary/aromatic N) is 1. The van der Waals surface area contributed by atoms with Gasteiger partial charge in [0.15, 0.2) is 0 Å². The van der Waals surface area contributed by atoms with Crippen molar-refractivity contribution in [3.8, 4) is 17.6 Å². The van der Waals surface area contributed by atoms with Crippen LogP contribution >= 0.6 is 11.6 Å². The van der Waals surface area contributed by atoms with E-state index in [1.54, 1.807) is 26.2 Å². The van der Waals surface area contributed by atoms with Gasteiger partial charge in [0.1, 0.15) is 11.5 Å². The van der Waals surface area contributed by atoms with Crippen LogP contribution in [-0.2, 0) is 0 Å². The maximum atomic E-state index is 8.89. The summed E-state index contributed by atoms with van der Waals surface area (Å²) in [5.41, 5.74) is 0.668. The average molecular weight is 226 g/mol. The fourth-order valence-electron chi connectivity index (χ4n) is 1.36. The summed E-state index contributed by atoms with van der Waals surface area (Å²) in [6.45, 7) is 1.77. The highest BCUT2D eigenvalue weighted by atomic mass is 35.5. The van der Waals surface area contributed by atoms with Crippen molar-refractivity contribution in [2.24, 2.45) is 0 Å². The van der Waals surface area contributed by atoms with Gasteiger partial charge < -0.3 is 9.47 Å². The van der Waals surface area contributed by atoms with E-state index in [1.165, 1.54) is 7.11 Å². The second-order valence-corrected chi connectivity index (χ2v) is 3.43. The molecule has 4 heteroatoms. The lowest BCUT2D eigenvalue weighted by Gasteiger charge is -2.14. The predicted octanol–water partition coefficient (Wildman–Crippen LogP) is 2.98. The van der Waals surface area contributed by atoms with Crippen LogP contribution in [-0.4, -0.2) is 14.2 Å². The number of halogens is 1. The highest BCUT2D eigenvalue weighted by molar-refractivity contribution is 6.33. The Balaban J connectivity index is 3.37. The molecule has 1 aromatic carbocycles. The molecule has 0 heterocycles. The van der Waals surface area contributed by atoms with Crippen LogP contribution in [0.15, 0.2) is 12.1 Å². The van der Waals surface area contributed by atoms with Crippen molar-refractivity contribution in [3.05, 3.63) is 22.7 Å². The van der Waals surface area contributed by atoms with Crippen LogP contribution in [0.25, 0.3) is 0 Å². The molecule has 1 aromatic rings. The minimum absolute atomic E-state index is 0.331. The van der Waals surface area contributed by atoms with Crippen LogP contribution in [0.2, 0.25) is 5.02 Å². The molecule has 1 atom stereocenters. The third kappa shape index (κ3) is 2.16. The van der Waals surface area contributed by atoms with Crippen molar-refractivity contribution in [2.75, 3.05) is 14.2 Å². The van der Waals surface area contributed by atoms with Crippen LogP contribution in [0, 0.1) is 11.3 Å². The van der Waals surface area contributed by atoms with Crippen molar-refractivity contribution in [1.29, 1.82) is 5.26 Å². The minimum Gasteiger partial charge on any atom is -0.496 e. The van der Waals surface area contributed by atoms with Gasteiger partial charge in [-0.2, -0.15) is 5.26 Å². The molecule has 0 aliphatic carbocycles. The van der Waals surface area contributed by atoms with E-state index < -0.39 is 0 Å². The topological polar surface area (TPSA) is 42.2 Å². The van der Waals surface area contributed by atoms with E-state index in [9.17, 15) is 0 Å². The van der Waals surface area contributed by atoms with E-state index in [0.717, 1.165) is 0 Å². The van der Waals surface area contributed by atoms with Crippen LogP contribution in [0.5, 0.6) is 11.5 Å². The lowest BCUT2D eigenvalue weighted by atomic mass is 10.0. The third-order valence-corrected chi connectivity index (χ3v) is 2.56. The monoisotopic (exact) mass is 225 g/mol. The van der Waals surface area contributed by atoms with Crippen molar-refractivity contribution in [2.45, 2.75) is 12.8 Å². The lowest BCUT2D eigenvalue weighted by molar-refractivity contribution is 0.398.